The van der Waals surface area contributed by atoms with Crippen LogP contribution in [-0.4, -0.2) is 20.6 Å². The lowest BCUT2D eigenvalue weighted by Gasteiger charge is -2.27. The SMILES string of the molecule is CC(C)N(Cc1ccccc1)c1ncc2cc(-c3c(Cl)cccc3Cl)c(=O)n(C)c2n1. The van der Waals surface area contributed by atoms with E-state index in [0.717, 1.165) is 10.9 Å². The van der Waals surface area contributed by atoms with E-state index in [-0.39, 0.29) is 11.6 Å². The van der Waals surface area contributed by atoms with Crippen LogP contribution in [0.25, 0.3) is 22.2 Å². The fraction of sp³-hybridized carbons (Fsp3) is 0.208. The Balaban J connectivity index is 1.83. The van der Waals surface area contributed by atoms with E-state index in [9.17, 15) is 4.79 Å². The van der Waals surface area contributed by atoms with Crippen LogP contribution in [0.3, 0.4) is 0 Å². The molecule has 2 aromatic carbocycles. The van der Waals surface area contributed by atoms with Gasteiger partial charge >= 0.3 is 0 Å². The number of nitrogens with zero attached hydrogens (tertiary/aromatic N) is 4. The van der Waals surface area contributed by atoms with Gasteiger partial charge in [-0.25, -0.2) is 4.98 Å². The summed E-state index contributed by atoms with van der Waals surface area (Å²) in [5.41, 5.74) is 2.45. The highest BCUT2D eigenvalue weighted by atomic mass is 35.5. The van der Waals surface area contributed by atoms with Gasteiger partial charge in [-0.15, -0.1) is 0 Å². The average Bonchev–Trinajstić information content (AvgIpc) is 2.75. The second kappa shape index (κ2) is 8.69. The summed E-state index contributed by atoms with van der Waals surface area (Å²) >= 11 is 12.7. The highest BCUT2D eigenvalue weighted by Gasteiger charge is 2.19. The van der Waals surface area contributed by atoms with Crippen LogP contribution in [0.2, 0.25) is 10.0 Å². The van der Waals surface area contributed by atoms with Gasteiger partial charge in [0.15, 0.2) is 0 Å². The van der Waals surface area contributed by atoms with Gasteiger partial charge < -0.3 is 4.90 Å². The zero-order chi connectivity index (χ0) is 22.1. The average molecular weight is 453 g/mol. The molecule has 0 fully saturated rings. The molecule has 0 radical (unpaired) electrons. The summed E-state index contributed by atoms with van der Waals surface area (Å²) in [5, 5.41) is 1.59. The number of benzene rings is 2. The molecule has 0 aliphatic carbocycles. The number of halogens is 2. The van der Waals surface area contributed by atoms with E-state index in [1.165, 1.54) is 4.57 Å². The smallest absolute Gasteiger partial charge is 0.259 e. The molecule has 0 saturated carbocycles. The molecule has 0 unspecified atom stereocenters. The third-order valence-corrected chi connectivity index (χ3v) is 5.87. The van der Waals surface area contributed by atoms with Crippen LogP contribution in [0.1, 0.15) is 19.4 Å². The molecule has 4 aromatic rings. The maximum absolute atomic E-state index is 13.2. The lowest BCUT2D eigenvalue weighted by Crippen LogP contribution is -2.32. The number of anilines is 1. The Labute approximate surface area is 190 Å². The largest absolute Gasteiger partial charge is 0.334 e. The fourth-order valence-corrected chi connectivity index (χ4v) is 4.18. The normalized spacial score (nSPS) is 11.3. The van der Waals surface area contributed by atoms with Crippen LogP contribution in [0.4, 0.5) is 5.95 Å². The van der Waals surface area contributed by atoms with E-state index in [4.69, 9.17) is 28.2 Å². The van der Waals surface area contributed by atoms with Crippen molar-refractivity contribution in [2.45, 2.75) is 26.4 Å². The summed E-state index contributed by atoms with van der Waals surface area (Å²) in [6, 6.07) is 17.3. The Morgan fingerprint density at radius 1 is 1.03 bits per heavy atom. The van der Waals surface area contributed by atoms with Crippen molar-refractivity contribution in [1.29, 1.82) is 0 Å². The molecule has 0 amide bonds. The van der Waals surface area contributed by atoms with Crippen molar-refractivity contribution in [3.8, 4) is 11.1 Å². The van der Waals surface area contributed by atoms with Crippen LogP contribution in [-0.2, 0) is 13.6 Å². The maximum Gasteiger partial charge on any atom is 0.259 e. The predicted octanol–water partition coefficient (Wildman–Crippen LogP) is 5.72. The lowest BCUT2D eigenvalue weighted by molar-refractivity contribution is 0.661. The molecule has 5 nitrogen and oxygen atoms in total. The number of hydrogen-bond donors (Lipinski definition) is 0. The summed E-state index contributed by atoms with van der Waals surface area (Å²) in [4.78, 5) is 24.6. The second-order valence-electron chi connectivity index (χ2n) is 7.68. The fourth-order valence-electron chi connectivity index (χ4n) is 3.57. The predicted molar refractivity (Wildman–Crippen MR) is 128 cm³/mol. The first-order chi connectivity index (χ1) is 14.9. The first-order valence-corrected chi connectivity index (χ1v) is 10.7. The molecule has 2 aromatic heterocycles. The zero-order valence-corrected chi connectivity index (χ0v) is 19.0. The van der Waals surface area contributed by atoms with Gasteiger partial charge in [-0.05, 0) is 37.6 Å². The molecule has 158 valence electrons. The van der Waals surface area contributed by atoms with E-state index in [2.05, 4.69) is 35.9 Å². The zero-order valence-electron chi connectivity index (χ0n) is 17.5. The van der Waals surface area contributed by atoms with Crippen LogP contribution < -0.4 is 10.5 Å². The Hall–Kier alpha value is -2.89. The highest BCUT2D eigenvalue weighted by molar-refractivity contribution is 6.39. The number of fused-ring (bicyclic) bond motifs is 1. The third kappa shape index (κ3) is 4.16. The summed E-state index contributed by atoms with van der Waals surface area (Å²) in [6.45, 7) is 4.86. The van der Waals surface area contributed by atoms with Gasteiger partial charge in [0, 0.05) is 36.8 Å². The number of hydrogen-bond acceptors (Lipinski definition) is 4. The molecular weight excluding hydrogens is 431 g/mol. The number of aryl methyl sites for hydroxylation is 1. The van der Waals surface area contributed by atoms with E-state index in [0.29, 0.717) is 39.3 Å². The van der Waals surface area contributed by atoms with Crippen molar-refractivity contribution >= 4 is 40.2 Å². The van der Waals surface area contributed by atoms with Crippen molar-refractivity contribution in [3.05, 3.63) is 86.8 Å². The van der Waals surface area contributed by atoms with E-state index < -0.39 is 0 Å². The number of aromatic nitrogens is 3. The molecule has 0 N–H and O–H groups in total. The van der Waals surface area contributed by atoms with Crippen LogP contribution in [0.5, 0.6) is 0 Å². The molecule has 2 heterocycles. The highest BCUT2D eigenvalue weighted by Crippen LogP contribution is 2.33. The molecule has 0 bridgehead atoms. The molecule has 0 aliphatic heterocycles. The van der Waals surface area contributed by atoms with Crippen molar-refractivity contribution < 1.29 is 0 Å². The number of pyridine rings is 1. The monoisotopic (exact) mass is 452 g/mol. The van der Waals surface area contributed by atoms with Gasteiger partial charge in [-0.2, -0.15) is 4.98 Å². The van der Waals surface area contributed by atoms with Crippen molar-refractivity contribution in [2.24, 2.45) is 7.05 Å². The minimum atomic E-state index is -0.216. The van der Waals surface area contributed by atoms with Crippen LogP contribution in [0, 0.1) is 0 Å². The Bertz CT molecular complexity index is 1280. The number of rotatable bonds is 5. The minimum Gasteiger partial charge on any atom is -0.334 e. The molecule has 0 spiro atoms. The second-order valence-corrected chi connectivity index (χ2v) is 8.49. The molecule has 0 atom stereocenters. The summed E-state index contributed by atoms with van der Waals surface area (Å²) in [6.07, 6.45) is 1.74. The third-order valence-electron chi connectivity index (χ3n) is 5.24. The van der Waals surface area contributed by atoms with Gasteiger partial charge in [0.05, 0.1) is 15.6 Å². The van der Waals surface area contributed by atoms with Crippen molar-refractivity contribution in [2.75, 3.05) is 4.90 Å². The van der Waals surface area contributed by atoms with E-state index in [1.54, 1.807) is 37.5 Å². The minimum absolute atomic E-state index is 0.177. The standard InChI is InChI=1S/C24H22Cl2N4O/c1-15(2)30(14-16-8-5-4-6-9-16)24-27-13-17-12-18(23(31)29(3)22(17)28-24)21-19(25)10-7-11-20(21)26/h4-13,15H,14H2,1-3H3. The first-order valence-electron chi connectivity index (χ1n) is 9.98. The maximum atomic E-state index is 13.2. The van der Waals surface area contributed by atoms with Gasteiger partial charge in [0.2, 0.25) is 5.95 Å². The van der Waals surface area contributed by atoms with E-state index >= 15 is 0 Å². The Morgan fingerprint density at radius 3 is 2.35 bits per heavy atom. The van der Waals surface area contributed by atoms with E-state index in [1.807, 2.05) is 18.2 Å². The van der Waals surface area contributed by atoms with Gasteiger partial charge in [-0.1, -0.05) is 59.6 Å². The molecular formula is C24H22Cl2N4O. The Morgan fingerprint density at radius 2 is 1.71 bits per heavy atom. The van der Waals surface area contributed by atoms with Crippen molar-refractivity contribution in [1.82, 2.24) is 14.5 Å². The van der Waals surface area contributed by atoms with Gasteiger partial charge in [0.1, 0.15) is 5.65 Å². The molecule has 7 heteroatoms. The summed E-state index contributed by atoms with van der Waals surface area (Å²) < 4.78 is 1.52. The summed E-state index contributed by atoms with van der Waals surface area (Å²) in [7, 11) is 1.70. The lowest BCUT2D eigenvalue weighted by atomic mass is 10.1. The van der Waals surface area contributed by atoms with Crippen molar-refractivity contribution in [3.63, 3.8) is 0 Å². The summed E-state index contributed by atoms with van der Waals surface area (Å²) in [5.74, 6) is 0.574. The van der Waals surface area contributed by atoms with Crippen LogP contribution in [0.15, 0.2) is 65.6 Å². The van der Waals surface area contributed by atoms with Gasteiger partial charge in [-0.3, -0.25) is 9.36 Å². The molecule has 31 heavy (non-hydrogen) atoms. The topological polar surface area (TPSA) is 51.0 Å². The molecule has 4 rings (SSSR count). The first kappa shape index (κ1) is 21.3. The molecule has 0 saturated heterocycles. The van der Waals surface area contributed by atoms with Gasteiger partial charge in [0.25, 0.3) is 5.56 Å². The quantitative estimate of drug-likeness (QED) is 0.388. The molecule has 0 aliphatic rings. The van der Waals surface area contributed by atoms with Crippen LogP contribution >= 0.6 is 23.2 Å². The Kier molecular flexibility index (Phi) is 5.99.